The van der Waals surface area contributed by atoms with Crippen molar-refractivity contribution >= 4 is 28.6 Å². The van der Waals surface area contributed by atoms with Crippen molar-refractivity contribution in [1.29, 1.82) is 0 Å². The number of carboxylic acid groups (broad SMARTS) is 1. The van der Waals surface area contributed by atoms with Crippen molar-refractivity contribution in [1.82, 2.24) is 10.3 Å². The largest absolute Gasteiger partial charge is 0.481 e. The molecule has 1 atom stereocenters. The van der Waals surface area contributed by atoms with Crippen LogP contribution in [0.15, 0.2) is 36.5 Å². The zero-order valence-corrected chi connectivity index (χ0v) is 11.7. The number of pyridine rings is 1. The number of rotatable bonds is 5. The Labute approximate surface area is 122 Å². The number of hydrogen-bond donors (Lipinski definition) is 3. The molecule has 0 aliphatic carbocycles. The summed E-state index contributed by atoms with van der Waals surface area (Å²) < 4.78 is 0. The lowest BCUT2D eigenvalue weighted by atomic mass is 10.1. The Kier molecular flexibility index (Phi) is 4.71. The van der Waals surface area contributed by atoms with Gasteiger partial charge in [-0.25, -0.2) is 4.79 Å². The maximum Gasteiger partial charge on any atom is 0.319 e. The van der Waals surface area contributed by atoms with Crippen LogP contribution >= 0.6 is 0 Å². The van der Waals surface area contributed by atoms with E-state index in [-0.39, 0.29) is 6.03 Å². The van der Waals surface area contributed by atoms with E-state index in [9.17, 15) is 9.59 Å². The molecule has 0 radical (unpaired) electrons. The second-order valence-electron chi connectivity index (χ2n) is 4.78. The number of anilines is 1. The van der Waals surface area contributed by atoms with E-state index < -0.39 is 11.9 Å². The minimum absolute atomic E-state index is 0.308. The first kappa shape index (κ1) is 14.8. The Bertz CT molecular complexity index is 652. The van der Waals surface area contributed by atoms with Crippen LogP contribution < -0.4 is 10.6 Å². The summed E-state index contributed by atoms with van der Waals surface area (Å²) in [5.41, 5.74) is 1.47. The molecule has 110 valence electrons. The molecule has 2 amide bonds. The van der Waals surface area contributed by atoms with Crippen molar-refractivity contribution in [2.24, 2.45) is 5.92 Å². The highest BCUT2D eigenvalue weighted by molar-refractivity contribution is 6.00. The fourth-order valence-electron chi connectivity index (χ4n) is 1.90. The van der Waals surface area contributed by atoms with Gasteiger partial charge in [0.1, 0.15) is 0 Å². The smallest absolute Gasteiger partial charge is 0.319 e. The highest BCUT2D eigenvalue weighted by atomic mass is 16.4. The van der Waals surface area contributed by atoms with E-state index in [4.69, 9.17) is 5.11 Å². The van der Waals surface area contributed by atoms with E-state index in [2.05, 4.69) is 15.6 Å². The molecule has 0 fully saturated rings. The van der Waals surface area contributed by atoms with E-state index in [0.717, 1.165) is 10.9 Å². The summed E-state index contributed by atoms with van der Waals surface area (Å²) in [7, 11) is 0. The zero-order chi connectivity index (χ0) is 15.2. The molecule has 2 aromatic rings. The molecule has 0 spiro atoms. The van der Waals surface area contributed by atoms with Crippen molar-refractivity contribution in [2.45, 2.75) is 13.3 Å². The third-order valence-corrected chi connectivity index (χ3v) is 3.18. The number of amides is 2. The molecule has 1 aromatic carbocycles. The number of urea groups is 1. The molecule has 1 unspecified atom stereocenters. The van der Waals surface area contributed by atoms with Crippen LogP contribution in [0.4, 0.5) is 10.5 Å². The Morgan fingerprint density at radius 3 is 2.86 bits per heavy atom. The molecule has 6 nitrogen and oxygen atoms in total. The summed E-state index contributed by atoms with van der Waals surface area (Å²) in [5, 5.41) is 15.0. The molecule has 0 aliphatic heterocycles. The molecular formula is C15H17N3O3. The molecule has 2 rings (SSSR count). The van der Waals surface area contributed by atoms with Gasteiger partial charge in [0.15, 0.2) is 0 Å². The maximum absolute atomic E-state index is 11.8. The van der Waals surface area contributed by atoms with E-state index in [1.54, 1.807) is 25.3 Å². The molecule has 0 aliphatic rings. The fraction of sp³-hybridized carbons (Fsp3) is 0.267. The van der Waals surface area contributed by atoms with Crippen LogP contribution in [0.3, 0.4) is 0 Å². The SMILES string of the molecule is CC(CCNC(=O)Nc1cccc2ncccc12)C(=O)O. The van der Waals surface area contributed by atoms with Gasteiger partial charge in [0.25, 0.3) is 0 Å². The van der Waals surface area contributed by atoms with Crippen LogP contribution in [-0.2, 0) is 4.79 Å². The summed E-state index contributed by atoms with van der Waals surface area (Å²) >= 11 is 0. The Morgan fingerprint density at radius 1 is 1.29 bits per heavy atom. The van der Waals surface area contributed by atoms with E-state index in [1.807, 2.05) is 18.2 Å². The molecule has 3 N–H and O–H groups in total. The second-order valence-corrected chi connectivity index (χ2v) is 4.78. The quantitative estimate of drug-likeness (QED) is 0.787. The molecule has 0 saturated carbocycles. The molecule has 6 heteroatoms. The van der Waals surface area contributed by atoms with E-state index in [1.165, 1.54) is 0 Å². The average molecular weight is 287 g/mol. The molecule has 21 heavy (non-hydrogen) atoms. The molecule has 0 bridgehead atoms. The van der Waals surface area contributed by atoms with Crippen molar-refractivity contribution < 1.29 is 14.7 Å². The monoisotopic (exact) mass is 287 g/mol. The topological polar surface area (TPSA) is 91.3 Å². The number of nitrogens with one attached hydrogen (secondary N) is 2. The Hall–Kier alpha value is -2.63. The molecule has 0 saturated heterocycles. The van der Waals surface area contributed by atoms with Gasteiger partial charge >= 0.3 is 12.0 Å². The van der Waals surface area contributed by atoms with Crippen molar-refractivity contribution in [3.8, 4) is 0 Å². The third kappa shape index (κ3) is 3.92. The first-order valence-corrected chi connectivity index (χ1v) is 6.69. The lowest BCUT2D eigenvalue weighted by molar-refractivity contribution is -0.141. The lowest BCUT2D eigenvalue weighted by Gasteiger charge is -2.10. The first-order chi connectivity index (χ1) is 10.1. The predicted molar refractivity (Wildman–Crippen MR) is 80.2 cm³/mol. The Morgan fingerprint density at radius 2 is 2.10 bits per heavy atom. The Balaban J connectivity index is 1.94. The van der Waals surface area contributed by atoms with Gasteiger partial charge in [0, 0.05) is 18.1 Å². The predicted octanol–water partition coefficient (Wildman–Crippen LogP) is 2.47. The number of aromatic nitrogens is 1. The molecular weight excluding hydrogens is 270 g/mol. The fourth-order valence-corrected chi connectivity index (χ4v) is 1.90. The van der Waals surface area contributed by atoms with Crippen LogP contribution in [0.25, 0.3) is 10.9 Å². The van der Waals surface area contributed by atoms with Gasteiger partial charge in [-0.2, -0.15) is 0 Å². The molecule has 1 heterocycles. The summed E-state index contributed by atoms with van der Waals surface area (Å²) in [6, 6.07) is 8.81. The van der Waals surface area contributed by atoms with Crippen molar-refractivity contribution in [3.05, 3.63) is 36.5 Å². The van der Waals surface area contributed by atoms with Gasteiger partial charge in [-0.3, -0.25) is 9.78 Å². The normalized spacial score (nSPS) is 11.9. The van der Waals surface area contributed by atoms with Crippen LogP contribution in [-0.4, -0.2) is 28.6 Å². The number of nitrogens with zero attached hydrogens (tertiary/aromatic N) is 1. The maximum atomic E-state index is 11.8. The number of carbonyl (C=O) groups excluding carboxylic acids is 1. The average Bonchev–Trinajstić information content (AvgIpc) is 2.47. The zero-order valence-electron chi connectivity index (χ0n) is 11.7. The second kappa shape index (κ2) is 6.69. The number of carboxylic acids is 1. The standard InChI is InChI=1S/C15H17N3O3/c1-10(14(19)20)7-9-17-15(21)18-13-6-2-5-12-11(13)4-3-8-16-12/h2-6,8,10H,7,9H2,1H3,(H,19,20)(H2,17,18,21). The van der Waals surface area contributed by atoms with Crippen LogP contribution in [0.1, 0.15) is 13.3 Å². The lowest BCUT2D eigenvalue weighted by Crippen LogP contribution is -2.31. The highest BCUT2D eigenvalue weighted by Crippen LogP contribution is 2.20. The minimum atomic E-state index is -0.864. The number of benzene rings is 1. The van der Waals surface area contributed by atoms with E-state index >= 15 is 0 Å². The number of carbonyl (C=O) groups is 2. The number of hydrogen-bond acceptors (Lipinski definition) is 3. The van der Waals surface area contributed by atoms with Crippen molar-refractivity contribution in [3.63, 3.8) is 0 Å². The number of fused-ring (bicyclic) bond motifs is 1. The molecule has 1 aromatic heterocycles. The van der Waals surface area contributed by atoms with Gasteiger partial charge in [-0.1, -0.05) is 13.0 Å². The first-order valence-electron chi connectivity index (χ1n) is 6.69. The van der Waals surface area contributed by atoms with Gasteiger partial charge in [0.05, 0.1) is 17.1 Å². The number of aliphatic carboxylic acids is 1. The summed E-state index contributed by atoms with van der Waals surface area (Å²) in [4.78, 5) is 26.7. The van der Waals surface area contributed by atoms with Gasteiger partial charge in [-0.15, -0.1) is 0 Å². The third-order valence-electron chi connectivity index (χ3n) is 3.18. The van der Waals surface area contributed by atoms with Crippen LogP contribution in [0.2, 0.25) is 0 Å². The summed E-state index contributed by atoms with van der Waals surface area (Å²) in [6.07, 6.45) is 2.08. The van der Waals surface area contributed by atoms with Gasteiger partial charge in [-0.05, 0) is 30.7 Å². The van der Waals surface area contributed by atoms with Crippen LogP contribution in [0.5, 0.6) is 0 Å². The van der Waals surface area contributed by atoms with Crippen molar-refractivity contribution in [2.75, 3.05) is 11.9 Å². The van der Waals surface area contributed by atoms with Gasteiger partial charge in [0.2, 0.25) is 0 Å². The van der Waals surface area contributed by atoms with Gasteiger partial charge < -0.3 is 15.7 Å². The van der Waals surface area contributed by atoms with Crippen LogP contribution in [0, 0.1) is 5.92 Å². The summed E-state index contributed by atoms with van der Waals surface area (Å²) in [6.45, 7) is 1.92. The highest BCUT2D eigenvalue weighted by Gasteiger charge is 2.11. The summed E-state index contributed by atoms with van der Waals surface area (Å²) in [5.74, 6) is -1.34. The van der Waals surface area contributed by atoms with E-state index in [0.29, 0.717) is 18.7 Å². The minimum Gasteiger partial charge on any atom is -0.481 e.